The molecule has 2 aliphatic heterocycles. The van der Waals surface area contributed by atoms with Crippen molar-refractivity contribution in [3.8, 4) is 0 Å². The smallest absolute Gasteiger partial charge is 0.295 e. The number of nitrogens with zero attached hydrogens (tertiary/aromatic N) is 5. The third kappa shape index (κ3) is 3.81. The highest BCUT2D eigenvalue weighted by Crippen LogP contribution is 2.26. The van der Waals surface area contributed by atoms with Crippen molar-refractivity contribution in [3.05, 3.63) is 92.2 Å². The second-order valence-corrected chi connectivity index (χ2v) is 8.92. The number of fused-ring (bicyclic) bond motifs is 2. The molecule has 0 bridgehead atoms. The van der Waals surface area contributed by atoms with Gasteiger partial charge in [0.2, 0.25) is 0 Å². The van der Waals surface area contributed by atoms with Gasteiger partial charge in [0.1, 0.15) is 15.7 Å². The Bertz CT molecular complexity index is 1410. The minimum Gasteiger partial charge on any atom is -0.397 e. The first-order valence-electron chi connectivity index (χ1n) is 9.72. The van der Waals surface area contributed by atoms with E-state index in [0.717, 1.165) is 32.1 Å². The van der Waals surface area contributed by atoms with E-state index < -0.39 is 4.92 Å². The third-order valence-corrected chi connectivity index (χ3v) is 6.89. The summed E-state index contributed by atoms with van der Waals surface area (Å²) in [7, 11) is 0. The van der Waals surface area contributed by atoms with Crippen LogP contribution in [0.15, 0.2) is 82.1 Å². The molecule has 4 heterocycles. The average Bonchev–Trinajstić information content (AvgIpc) is 3.57. The molecule has 2 aliphatic rings. The lowest BCUT2D eigenvalue weighted by Crippen LogP contribution is -2.09. The molecule has 0 spiro atoms. The van der Waals surface area contributed by atoms with Crippen molar-refractivity contribution in [2.24, 2.45) is 15.7 Å². The Morgan fingerprint density at radius 2 is 1.34 bits per heavy atom. The first-order valence-corrected chi connectivity index (χ1v) is 11.3. The molecule has 8 nitrogen and oxygen atoms in total. The van der Waals surface area contributed by atoms with Crippen LogP contribution in [0, 0.1) is 10.1 Å². The normalized spacial score (nSPS) is 15.1. The van der Waals surface area contributed by atoms with E-state index in [1.807, 2.05) is 48.5 Å². The summed E-state index contributed by atoms with van der Waals surface area (Å²) >= 11 is 3.06. The van der Waals surface area contributed by atoms with E-state index in [2.05, 4.69) is 26.0 Å². The molecule has 0 atom stereocenters. The van der Waals surface area contributed by atoms with Crippen molar-refractivity contribution in [1.29, 1.82) is 0 Å². The Hall–Kier alpha value is -3.76. The maximum atomic E-state index is 10.8. The molecule has 32 heavy (non-hydrogen) atoms. The van der Waals surface area contributed by atoms with Crippen molar-refractivity contribution < 1.29 is 4.92 Å². The molecule has 0 saturated carbocycles. The summed E-state index contributed by atoms with van der Waals surface area (Å²) in [6.45, 7) is 1.04. The minimum absolute atomic E-state index is 0.0593. The molecular weight excluding hydrogens is 444 g/mol. The number of para-hydroxylation sites is 2. The van der Waals surface area contributed by atoms with Crippen molar-refractivity contribution in [3.63, 3.8) is 0 Å². The Morgan fingerprint density at radius 1 is 0.812 bits per heavy atom. The first kappa shape index (κ1) is 20.2. The maximum absolute atomic E-state index is 10.8. The van der Waals surface area contributed by atoms with Crippen LogP contribution in [0.3, 0.4) is 0 Å². The SMILES string of the molecule is NC1=CCN=C1c1nc2ccccc2s1.O=[N+]([O-])C1=CCN=C1c1nc2ccccc2s1. The van der Waals surface area contributed by atoms with Gasteiger partial charge in [0.15, 0.2) is 5.71 Å². The van der Waals surface area contributed by atoms with Gasteiger partial charge in [0.05, 0.1) is 44.1 Å². The van der Waals surface area contributed by atoms with Gasteiger partial charge >= 0.3 is 0 Å². The quantitative estimate of drug-likeness (QED) is 0.363. The van der Waals surface area contributed by atoms with Gasteiger partial charge in [-0.3, -0.25) is 20.1 Å². The summed E-state index contributed by atoms with van der Waals surface area (Å²) in [5.41, 5.74) is 9.74. The number of nitro groups is 1. The van der Waals surface area contributed by atoms with E-state index in [-0.39, 0.29) is 5.70 Å². The van der Waals surface area contributed by atoms with Crippen LogP contribution in [-0.4, -0.2) is 39.4 Å². The van der Waals surface area contributed by atoms with Crippen molar-refractivity contribution in [2.45, 2.75) is 0 Å². The molecule has 158 valence electrons. The predicted molar refractivity (Wildman–Crippen MR) is 129 cm³/mol. The molecule has 0 aliphatic carbocycles. The lowest BCUT2D eigenvalue weighted by molar-refractivity contribution is -0.414. The predicted octanol–water partition coefficient (Wildman–Crippen LogP) is 4.20. The van der Waals surface area contributed by atoms with Crippen LogP contribution in [0.1, 0.15) is 10.0 Å². The van der Waals surface area contributed by atoms with Gasteiger partial charge in [-0.1, -0.05) is 24.3 Å². The fourth-order valence-corrected chi connectivity index (χ4v) is 5.28. The minimum atomic E-state index is -0.405. The molecular formula is C22H16N6O2S2. The van der Waals surface area contributed by atoms with Crippen molar-refractivity contribution >= 4 is 54.5 Å². The molecule has 0 unspecified atom stereocenters. The number of rotatable bonds is 3. The number of benzene rings is 2. The zero-order chi connectivity index (χ0) is 22.1. The summed E-state index contributed by atoms with van der Waals surface area (Å²) in [6, 6.07) is 15.7. The maximum Gasteiger partial charge on any atom is 0.295 e. The van der Waals surface area contributed by atoms with Crippen molar-refractivity contribution in [2.75, 3.05) is 13.1 Å². The fourth-order valence-electron chi connectivity index (χ4n) is 3.30. The highest BCUT2D eigenvalue weighted by molar-refractivity contribution is 7.20. The van der Waals surface area contributed by atoms with Gasteiger partial charge in [0.25, 0.3) is 5.70 Å². The zero-order valence-electron chi connectivity index (χ0n) is 16.6. The fraction of sp³-hybridized carbons (Fsp3) is 0.0909. The molecule has 0 amide bonds. The Balaban J connectivity index is 0.000000136. The largest absolute Gasteiger partial charge is 0.397 e. The standard InChI is InChI=1S/C11H7N3O2S.C11H9N3S/c15-14(16)8-5-6-12-10(8)11-13-7-3-1-2-4-9(7)17-11;12-7-5-6-13-10(7)11-14-8-3-1-2-4-9(8)15-11/h1-5H,6H2;1-5H,6,12H2. The summed E-state index contributed by atoms with van der Waals surface area (Å²) in [4.78, 5) is 27.8. The summed E-state index contributed by atoms with van der Waals surface area (Å²) in [6.07, 6.45) is 3.43. The van der Waals surface area contributed by atoms with Crippen LogP contribution in [-0.2, 0) is 0 Å². The van der Waals surface area contributed by atoms with Crippen LogP contribution in [0.25, 0.3) is 20.4 Å². The van der Waals surface area contributed by atoms with Gasteiger partial charge in [0, 0.05) is 6.08 Å². The molecule has 0 radical (unpaired) electrons. The lowest BCUT2D eigenvalue weighted by atomic mass is 10.3. The van der Waals surface area contributed by atoms with E-state index in [9.17, 15) is 10.1 Å². The van der Waals surface area contributed by atoms with E-state index in [1.54, 1.807) is 11.3 Å². The van der Waals surface area contributed by atoms with E-state index in [1.165, 1.54) is 22.1 Å². The molecule has 4 aromatic rings. The Kier molecular flexibility index (Phi) is 5.29. The van der Waals surface area contributed by atoms with E-state index in [4.69, 9.17) is 5.73 Å². The molecule has 6 rings (SSSR count). The van der Waals surface area contributed by atoms with Crippen molar-refractivity contribution in [1.82, 2.24) is 9.97 Å². The number of hydrogen-bond donors (Lipinski definition) is 1. The van der Waals surface area contributed by atoms with Crippen LogP contribution in [0.4, 0.5) is 0 Å². The second kappa shape index (κ2) is 8.40. The number of aliphatic imine (C=N–C) groups is 2. The van der Waals surface area contributed by atoms with Crippen LogP contribution in [0.2, 0.25) is 0 Å². The molecule has 2 N–H and O–H groups in total. The highest BCUT2D eigenvalue weighted by Gasteiger charge is 2.27. The monoisotopic (exact) mass is 460 g/mol. The van der Waals surface area contributed by atoms with E-state index >= 15 is 0 Å². The summed E-state index contributed by atoms with van der Waals surface area (Å²) in [5, 5.41) is 12.4. The van der Waals surface area contributed by atoms with E-state index in [0.29, 0.717) is 23.8 Å². The van der Waals surface area contributed by atoms with Crippen LogP contribution >= 0.6 is 22.7 Å². The van der Waals surface area contributed by atoms with Gasteiger partial charge in [-0.15, -0.1) is 22.7 Å². The lowest BCUT2D eigenvalue weighted by Gasteiger charge is -1.94. The Labute approximate surface area is 190 Å². The first-order chi connectivity index (χ1) is 15.6. The molecule has 10 heteroatoms. The molecule has 2 aromatic carbocycles. The number of aromatic nitrogens is 2. The molecule has 0 saturated heterocycles. The number of thiazole rings is 2. The van der Waals surface area contributed by atoms with Gasteiger partial charge in [-0.2, -0.15) is 0 Å². The second-order valence-electron chi connectivity index (χ2n) is 6.86. The number of hydrogen-bond acceptors (Lipinski definition) is 9. The number of allylic oxidation sites excluding steroid dienone is 2. The average molecular weight is 461 g/mol. The van der Waals surface area contributed by atoms with Gasteiger partial charge < -0.3 is 5.73 Å². The van der Waals surface area contributed by atoms with Gasteiger partial charge in [-0.05, 0) is 30.3 Å². The third-order valence-electron chi connectivity index (χ3n) is 4.80. The van der Waals surface area contributed by atoms with Crippen LogP contribution in [0.5, 0.6) is 0 Å². The number of nitrogens with two attached hydrogens (primary N) is 1. The molecule has 2 aromatic heterocycles. The summed E-state index contributed by atoms with van der Waals surface area (Å²) < 4.78 is 2.19. The zero-order valence-corrected chi connectivity index (χ0v) is 18.3. The summed E-state index contributed by atoms with van der Waals surface area (Å²) in [5.74, 6) is 0. The van der Waals surface area contributed by atoms with Crippen LogP contribution < -0.4 is 5.73 Å². The highest BCUT2D eigenvalue weighted by atomic mass is 32.1. The topological polar surface area (TPSA) is 120 Å². The Morgan fingerprint density at radius 3 is 1.88 bits per heavy atom. The molecule has 0 fully saturated rings. The van der Waals surface area contributed by atoms with Gasteiger partial charge in [-0.25, -0.2) is 9.97 Å².